The highest BCUT2D eigenvalue weighted by Crippen LogP contribution is 2.32. The second-order valence-electron chi connectivity index (χ2n) is 10.2. The Hall–Kier alpha value is -3.57. The van der Waals surface area contributed by atoms with Crippen molar-refractivity contribution in [3.8, 4) is 0 Å². The van der Waals surface area contributed by atoms with E-state index in [4.69, 9.17) is 0 Å². The number of piperazine rings is 1. The zero-order valence-corrected chi connectivity index (χ0v) is 23.2. The smallest absolute Gasteiger partial charge is 0.229 e. The lowest BCUT2D eigenvalue weighted by molar-refractivity contribution is -0.119. The Morgan fingerprint density at radius 3 is 2.49 bits per heavy atom. The third kappa shape index (κ3) is 6.72. The summed E-state index contributed by atoms with van der Waals surface area (Å²) in [6, 6.07) is 12.4. The van der Waals surface area contributed by atoms with Crippen LogP contribution in [0, 0.1) is 18.7 Å². The second kappa shape index (κ2) is 11.7. The molecule has 0 radical (unpaired) electrons. The van der Waals surface area contributed by atoms with Crippen molar-refractivity contribution in [3.63, 3.8) is 0 Å². The van der Waals surface area contributed by atoms with Crippen molar-refractivity contribution in [3.05, 3.63) is 60.0 Å². The minimum atomic E-state index is -1.52. The molecule has 2 heterocycles. The van der Waals surface area contributed by atoms with Gasteiger partial charge in [-0.2, -0.15) is 4.98 Å². The normalized spacial score (nSPS) is 17.4. The molecule has 9 nitrogen and oxygen atoms in total. The summed E-state index contributed by atoms with van der Waals surface area (Å²) in [5.41, 5.74) is 3.34. The van der Waals surface area contributed by atoms with Gasteiger partial charge in [0.15, 0.2) is 5.78 Å². The van der Waals surface area contributed by atoms with Gasteiger partial charge in [0.2, 0.25) is 5.95 Å². The van der Waals surface area contributed by atoms with Crippen molar-refractivity contribution >= 4 is 51.3 Å². The molecule has 1 aromatic heterocycles. The molecule has 3 aromatic rings. The predicted octanol–water partition coefficient (Wildman–Crippen LogP) is 4.61. The molecule has 2 aliphatic rings. The highest BCUT2D eigenvalue weighted by molar-refractivity contribution is 7.87. The van der Waals surface area contributed by atoms with E-state index in [1.54, 1.807) is 25.3 Å². The quantitative estimate of drug-likeness (QED) is 0.336. The van der Waals surface area contributed by atoms with Gasteiger partial charge >= 0.3 is 0 Å². The molecule has 1 saturated carbocycles. The van der Waals surface area contributed by atoms with Crippen molar-refractivity contribution in [2.45, 2.75) is 31.9 Å². The molecular weight excluding hydrogens is 517 g/mol. The number of hydrogen-bond donors (Lipinski definition) is 3. The molecule has 0 spiro atoms. The molecular formula is C28H34FN7O2S. The van der Waals surface area contributed by atoms with E-state index in [1.165, 1.54) is 6.07 Å². The number of aryl methyl sites for hydroxylation is 1. The van der Waals surface area contributed by atoms with E-state index in [2.05, 4.69) is 42.2 Å². The molecule has 1 saturated heterocycles. The maximum Gasteiger partial charge on any atom is 0.229 e. The van der Waals surface area contributed by atoms with Gasteiger partial charge in [-0.15, -0.1) is 0 Å². The third-order valence-corrected chi connectivity index (χ3v) is 8.38. The van der Waals surface area contributed by atoms with E-state index in [-0.39, 0.29) is 17.5 Å². The molecule has 1 aliphatic heterocycles. The summed E-state index contributed by atoms with van der Waals surface area (Å²) in [6.45, 7) is 6.99. The molecule has 3 N–H and O–H groups in total. The molecule has 2 aromatic carbocycles. The average Bonchev–Trinajstić information content (AvgIpc) is 3.76. The summed E-state index contributed by atoms with van der Waals surface area (Å²) in [6.07, 6.45) is 3.48. The number of halogens is 1. The van der Waals surface area contributed by atoms with Crippen LogP contribution in [0.1, 0.15) is 25.3 Å². The monoisotopic (exact) mass is 551 g/mol. The Bertz CT molecular complexity index is 1380. The molecule has 39 heavy (non-hydrogen) atoms. The summed E-state index contributed by atoms with van der Waals surface area (Å²) in [5.74, 6) is 0.745. The number of likely N-dealkylation sites (N-methyl/N-ethyl adjacent to an activating group) is 1. The Balaban J connectivity index is 1.24. The number of hydrogen-bond acceptors (Lipinski definition) is 8. The van der Waals surface area contributed by atoms with E-state index < -0.39 is 16.2 Å². The highest BCUT2D eigenvalue weighted by atomic mass is 32.2. The number of aromatic nitrogens is 2. The van der Waals surface area contributed by atoms with E-state index in [0.29, 0.717) is 28.8 Å². The van der Waals surface area contributed by atoms with E-state index >= 15 is 0 Å². The van der Waals surface area contributed by atoms with E-state index in [9.17, 15) is 13.4 Å². The van der Waals surface area contributed by atoms with Crippen molar-refractivity contribution in [1.29, 1.82) is 0 Å². The van der Waals surface area contributed by atoms with Crippen molar-refractivity contribution in [2.24, 2.45) is 5.92 Å². The van der Waals surface area contributed by atoms with Gasteiger partial charge in [-0.25, -0.2) is 13.6 Å². The number of carbonyl (C=O) groups is 1. The topological polar surface area (TPSA) is 102 Å². The van der Waals surface area contributed by atoms with Crippen LogP contribution in [-0.2, 0) is 15.8 Å². The molecule has 2 unspecified atom stereocenters. The lowest BCUT2D eigenvalue weighted by Gasteiger charge is -2.34. The standard InChI is InChI=1S/C28H34FN7O2S/c1-18-17-30-28(32-22-9-10-25(24(29)16-22)36-13-11-35(3)12-14-36)33-27(18)31-21-5-4-6-23(15-21)34-39(38)19(2)26(37)20-7-8-20/h4-6,9-10,15-17,19-20,34H,7-8,11-14H2,1-3H3,(H2,30,31,32,33). The van der Waals surface area contributed by atoms with Crippen LogP contribution in [0.25, 0.3) is 0 Å². The first kappa shape index (κ1) is 27.0. The summed E-state index contributed by atoms with van der Waals surface area (Å²) >= 11 is 0. The number of nitrogens with zero attached hydrogens (tertiary/aromatic N) is 4. The molecule has 2 fully saturated rings. The minimum Gasteiger partial charge on any atom is -0.367 e. The van der Waals surface area contributed by atoms with Crippen LogP contribution in [0.2, 0.25) is 0 Å². The molecule has 0 amide bonds. The van der Waals surface area contributed by atoms with Gasteiger partial charge in [-0.05, 0) is 70.1 Å². The SMILES string of the molecule is Cc1cnc(Nc2ccc(N3CCN(C)CC3)c(F)c2)nc1Nc1cccc(NS(=O)C(C)C(=O)C2CC2)c1. The van der Waals surface area contributed by atoms with Crippen LogP contribution in [0.3, 0.4) is 0 Å². The maximum absolute atomic E-state index is 14.9. The fourth-order valence-corrected chi connectivity index (χ4v) is 5.39. The lowest BCUT2D eigenvalue weighted by atomic mass is 10.2. The number of ketones is 1. The largest absolute Gasteiger partial charge is 0.367 e. The van der Waals surface area contributed by atoms with Crippen molar-refractivity contribution in [2.75, 3.05) is 53.5 Å². The first-order valence-corrected chi connectivity index (χ1v) is 14.4. The average molecular weight is 552 g/mol. The minimum absolute atomic E-state index is 0.0561. The van der Waals surface area contributed by atoms with Gasteiger partial charge < -0.3 is 25.2 Å². The Kier molecular flexibility index (Phi) is 8.08. The Morgan fingerprint density at radius 2 is 1.77 bits per heavy atom. The number of nitrogens with one attached hydrogen (secondary N) is 3. The maximum atomic E-state index is 14.9. The number of Topliss-reactive ketones (excluding diaryl/α,β-unsaturated/α-hetero) is 1. The van der Waals surface area contributed by atoms with Crippen LogP contribution in [0.5, 0.6) is 0 Å². The van der Waals surface area contributed by atoms with Gasteiger partial charge in [0.05, 0.1) is 5.69 Å². The van der Waals surface area contributed by atoms with Gasteiger partial charge in [-0.3, -0.25) is 4.79 Å². The molecule has 11 heteroatoms. The molecule has 0 bridgehead atoms. The predicted molar refractivity (Wildman–Crippen MR) is 155 cm³/mol. The summed E-state index contributed by atoms with van der Waals surface area (Å²) < 4.78 is 30.6. The third-order valence-electron chi connectivity index (χ3n) is 7.06. The number of carbonyl (C=O) groups excluding carboxylic acids is 1. The first-order valence-electron chi connectivity index (χ1n) is 13.2. The van der Waals surface area contributed by atoms with Crippen LogP contribution in [-0.4, -0.2) is 63.3 Å². The fraction of sp³-hybridized carbons (Fsp3) is 0.393. The zero-order chi connectivity index (χ0) is 27.5. The molecule has 206 valence electrons. The number of anilines is 6. The van der Waals surface area contributed by atoms with E-state index in [0.717, 1.165) is 50.3 Å². The lowest BCUT2D eigenvalue weighted by Crippen LogP contribution is -2.44. The summed E-state index contributed by atoms with van der Waals surface area (Å²) in [4.78, 5) is 25.5. The van der Waals surface area contributed by atoms with E-state index in [1.807, 2.05) is 31.2 Å². The Labute approximate surface area is 230 Å². The fourth-order valence-electron chi connectivity index (χ4n) is 4.45. The second-order valence-corrected chi connectivity index (χ2v) is 11.7. The van der Waals surface area contributed by atoms with Crippen molar-refractivity contribution < 1.29 is 13.4 Å². The number of benzene rings is 2. The van der Waals surface area contributed by atoms with Crippen LogP contribution in [0.15, 0.2) is 48.7 Å². The van der Waals surface area contributed by atoms with Crippen LogP contribution >= 0.6 is 0 Å². The zero-order valence-electron chi connectivity index (χ0n) is 22.4. The van der Waals surface area contributed by atoms with Gasteiger partial charge in [-0.1, -0.05) is 6.07 Å². The van der Waals surface area contributed by atoms with Gasteiger partial charge in [0.25, 0.3) is 0 Å². The number of rotatable bonds is 10. The van der Waals surface area contributed by atoms with Crippen molar-refractivity contribution in [1.82, 2.24) is 14.9 Å². The summed E-state index contributed by atoms with van der Waals surface area (Å²) in [5, 5.41) is 5.81. The van der Waals surface area contributed by atoms with Gasteiger partial charge in [0.1, 0.15) is 27.9 Å². The van der Waals surface area contributed by atoms with Crippen LogP contribution in [0.4, 0.5) is 38.9 Å². The summed E-state index contributed by atoms with van der Waals surface area (Å²) in [7, 11) is 0.553. The molecule has 1 aliphatic carbocycles. The Morgan fingerprint density at radius 1 is 1.05 bits per heavy atom. The van der Waals surface area contributed by atoms with Crippen LogP contribution < -0.4 is 20.3 Å². The first-order chi connectivity index (χ1) is 18.8. The highest BCUT2D eigenvalue weighted by Gasteiger charge is 2.35. The molecule has 2 atom stereocenters. The van der Waals surface area contributed by atoms with Gasteiger partial charge in [0, 0.05) is 60.9 Å². The molecule has 5 rings (SSSR count).